The van der Waals surface area contributed by atoms with Crippen LogP contribution >= 0.6 is 22.9 Å². The number of nitrogens with zero attached hydrogens (tertiary/aromatic N) is 2. The predicted octanol–water partition coefficient (Wildman–Crippen LogP) is 4.30. The van der Waals surface area contributed by atoms with Crippen LogP contribution in [0.15, 0.2) is 60.1 Å². The number of amides is 3. The van der Waals surface area contributed by atoms with E-state index in [1.807, 2.05) is 35.4 Å². The van der Waals surface area contributed by atoms with Crippen molar-refractivity contribution in [2.45, 2.75) is 25.2 Å². The van der Waals surface area contributed by atoms with Gasteiger partial charge in [-0.15, -0.1) is 11.3 Å². The van der Waals surface area contributed by atoms with Crippen LogP contribution in [0.25, 0.3) is 10.9 Å². The largest absolute Gasteiger partial charge is 0.361 e. The van der Waals surface area contributed by atoms with Crippen LogP contribution in [0.2, 0.25) is 5.02 Å². The summed E-state index contributed by atoms with van der Waals surface area (Å²) in [5.74, 6) is -0.698. The fraction of sp³-hybridized carbons (Fsp3) is 0.231. The van der Waals surface area contributed by atoms with Gasteiger partial charge in [-0.2, -0.15) is 0 Å². The second-order valence-electron chi connectivity index (χ2n) is 8.65. The van der Waals surface area contributed by atoms with E-state index in [2.05, 4.69) is 20.8 Å². The number of hydrazine groups is 1. The first kappa shape index (κ1) is 24.0. The van der Waals surface area contributed by atoms with E-state index in [1.54, 1.807) is 29.6 Å². The van der Waals surface area contributed by atoms with Gasteiger partial charge in [0.15, 0.2) is 0 Å². The lowest BCUT2D eigenvalue weighted by Gasteiger charge is -2.31. The lowest BCUT2D eigenvalue weighted by Crippen LogP contribution is -2.42. The first-order valence-electron chi connectivity index (χ1n) is 11.6. The molecule has 1 fully saturated rings. The number of rotatable bonds is 5. The summed E-state index contributed by atoms with van der Waals surface area (Å²) >= 11 is 7.44. The van der Waals surface area contributed by atoms with Crippen LogP contribution < -0.4 is 10.9 Å². The van der Waals surface area contributed by atoms with Gasteiger partial charge in [0.25, 0.3) is 11.8 Å². The summed E-state index contributed by atoms with van der Waals surface area (Å²) in [6.07, 6.45) is 3.86. The van der Waals surface area contributed by atoms with Crippen LogP contribution in [0.3, 0.4) is 0 Å². The average molecular weight is 522 g/mol. The quantitative estimate of drug-likeness (QED) is 0.340. The van der Waals surface area contributed by atoms with E-state index < -0.39 is 11.8 Å². The van der Waals surface area contributed by atoms with Crippen molar-refractivity contribution in [3.8, 4) is 0 Å². The molecule has 8 nitrogen and oxygen atoms in total. The molecule has 0 saturated carbocycles. The van der Waals surface area contributed by atoms with Crippen molar-refractivity contribution in [3.63, 3.8) is 0 Å². The Bertz CT molecular complexity index is 1420. The number of carbonyl (C=O) groups excluding carboxylic acids is 3. The summed E-state index contributed by atoms with van der Waals surface area (Å²) in [6.45, 7) is 1.31. The number of nitrogens with one attached hydrogen (secondary N) is 3. The van der Waals surface area contributed by atoms with Gasteiger partial charge < -0.3 is 9.88 Å². The SMILES string of the molecule is O=C(NNC(=O)c1ccccc1Cl)c1csc(C2CCN(C(=O)Cc3c[nH]c4ccccc34)CC2)n1. The van der Waals surface area contributed by atoms with Crippen molar-refractivity contribution in [2.75, 3.05) is 13.1 Å². The van der Waals surface area contributed by atoms with E-state index in [4.69, 9.17) is 11.6 Å². The molecule has 1 aliphatic rings. The highest BCUT2D eigenvalue weighted by atomic mass is 35.5. The summed E-state index contributed by atoms with van der Waals surface area (Å²) in [5.41, 5.74) is 7.31. The van der Waals surface area contributed by atoms with E-state index in [0.717, 1.165) is 34.3 Å². The monoisotopic (exact) mass is 521 g/mol. The second-order valence-corrected chi connectivity index (χ2v) is 9.95. The summed E-state index contributed by atoms with van der Waals surface area (Å²) in [5, 5.41) is 3.92. The van der Waals surface area contributed by atoms with Crippen LogP contribution in [0.1, 0.15) is 50.2 Å². The minimum Gasteiger partial charge on any atom is -0.361 e. The van der Waals surface area contributed by atoms with Crippen LogP contribution in [0.5, 0.6) is 0 Å². The molecule has 0 unspecified atom stereocenters. The highest BCUT2D eigenvalue weighted by molar-refractivity contribution is 7.09. The average Bonchev–Trinajstić information content (AvgIpc) is 3.56. The molecule has 0 atom stereocenters. The maximum atomic E-state index is 12.9. The van der Waals surface area contributed by atoms with Crippen molar-refractivity contribution < 1.29 is 14.4 Å². The number of likely N-dealkylation sites (tertiary alicyclic amines) is 1. The fourth-order valence-corrected chi connectivity index (χ4v) is 5.59. The van der Waals surface area contributed by atoms with Gasteiger partial charge in [0.1, 0.15) is 5.69 Å². The third kappa shape index (κ3) is 5.12. The molecule has 10 heteroatoms. The Hall–Kier alpha value is -3.69. The minimum absolute atomic E-state index is 0.117. The van der Waals surface area contributed by atoms with Crippen LogP contribution in [0, 0.1) is 0 Å². The first-order valence-corrected chi connectivity index (χ1v) is 12.9. The molecular formula is C26H24ClN5O3S. The van der Waals surface area contributed by atoms with Gasteiger partial charge >= 0.3 is 0 Å². The minimum atomic E-state index is -0.505. The summed E-state index contributed by atoms with van der Waals surface area (Å²) in [7, 11) is 0. The van der Waals surface area contributed by atoms with Gasteiger partial charge in [-0.3, -0.25) is 25.2 Å². The molecule has 2 aromatic heterocycles. The molecule has 0 spiro atoms. The van der Waals surface area contributed by atoms with E-state index in [9.17, 15) is 14.4 Å². The smallest absolute Gasteiger partial charge is 0.289 e. The Balaban J connectivity index is 1.13. The van der Waals surface area contributed by atoms with Crippen molar-refractivity contribution in [1.29, 1.82) is 0 Å². The Morgan fingerprint density at radius 2 is 1.75 bits per heavy atom. The van der Waals surface area contributed by atoms with Crippen molar-refractivity contribution in [2.24, 2.45) is 0 Å². The van der Waals surface area contributed by atoms with Crippen molar-refractivity contribution >= 4 is 51.6 Å². The summed E-state index contributed by atoms with van der Waals surface area (Å²) in [6, 6.07) is 14.6. The van der Waals surface area contributed by atoms with Crippen molar-refractivity contribution in [1.82, 2.24) is 25.7 Å². The first-order chi connectivity index (χ1) is 17.5. The lowest BCUT2D eigenvalue weighted by molar-refractivity contribution is -0.131. The normalized spacial score (nSPS) is 14.1. The van der Waals surface area contributed by atoms with E-state index in [-0.39, 0.29) is 23.1 Å². The third-order valence-electron chi connectivity index (χ3n) is 6.38. The number of halogens is 1. The zero-order chi connectivity index (χ0) is 25.1. The molecule has 3 amide bonds. The molecule has 0 bridgehead atoms. The zero-order valence-electron chi connectivity index (χ0n) is 19.3. The summed E-state index contributed by atoms with van der Waals surface area (Å²) in [4.78, 5) is 47.2. The third-order valence-corrected chi connectivity index (χ3v) is 7.71. The maximum Gasteiger partial charge on any atom is 0.289 e. The highest BCUT2D eigenvalue weighted by Crippen LogP contribution is 2.31. The van der Waals surface area contributed by atoms with Gasteiger partial charge in [-0.05, 0) is 36.6 Å². The molecule has 0 aliphatic carbocycles. The van der Waals surface area contributed by atoms with Crippen molar-refractivity contribution in [3.05, 3.63) is 87.0 Å². The molecule has 4 aromatic rings. The van der Waals surface area contributed by atoms with Crippen LogP contribution in [-0.4, -0.2) is 45.7 Å². The lowest BCUT2D eigenvalue weighted by atomic mass is 9.97. The number of H-pyrrole nitrogens is 1. The molecule has 3 heterocycles. The molecule has 3 N–H and O–H groups in total. The molecule has 36 heavy (non-hydrogen) atoms. The molecule has 184 valence electrons. The number of carbonyl (C=O) groups is 3. The second kappa shape index (κ2) is 10.5. The van der Waals surface area contributed by atoms with E-state index in [1.165, 1.54) is 11.3 Å². The Morgan fingerprint density at radius 3 is 2.56 bits per heavy atom. The summed E-state index contributed by atoms with van der Waals surface area (Å²) < 4.78 is 0. The number of piperidine rings is 1. The number of thiazole rings is 1. The van der Waals surface area contributed by atoms with Gasteiger partial charge in [-0.1, -0.05) is 41.9 Å². The number of aromatic amines is 1. The maximum absolute atomic E-state index is 12.9. The fourth-order valence-electron chi connectivity index (χ4n) is 4.40. The van der Waals surface area contributed by atoms with Gasteiger partial charge in [0.2, 0.25) is 5.91 Å². The Morgan fingerprint density at radius 1 is 1.03 bits per heavy atom. The standard InChI is InChI=1S/C26H24ClN5O3S/c27-20-7-3-1-6-19(20)24(34)30-31-25(35)22-15-36-26(29-22)16-9-11-32(12-10-16)23(33)13-17-14-28-21-8-4-2-5-18(17)21/h1-8,14-16,28H,9-13H2,(H,30,34)(H,31,35). The number of fused-ring (bicyclic) bond motifs is 1. The number of hydrogen-bond acceptors (Lipinski definition) is 5. The molecular weight excluding hydrogens is 498 g/mol. The Labute approximate surface area is 216 Å². The van der Waals surface area contributed by atoms with Crippen LogP contribution in [-0.2, 0) is 11.2 Å². The zero-order valence-corrected chi connectivity index (χ0v) is 20.9. The molecule has 1 saturated heterocycles. The van der Waals surface area contributed by atoms with Gasteiger partial charge in [-0.25, -0.2) is 4.98 Å². The topological polar surface area (TPSA) is 107 Å². The number of benzene rings is 2. The van der Waals surface area contributed by atoms with Gasteiger partial charge in [0, 0.05) is 41.5 Å². The van der Waals surface area contributed by atoms with Crippen LogP contribution in [0.4, 0.5) is 0 Å². The number of aromatic nitrogens is 2. The Kier molecular flexibility index (Phi) is 7.02. The highest BCUT2D eigenvalue weighted by Gasteiger charge is 2.27. The molecule has 5 rings (SSSR count). The van der Waals surface area contributed by atoms with Gasteiger partial charge in [0.05, 0.1) is 22.0 Å². The molecule has 0 radical (unpaired) electrons. The number of para-hydroxylation sites is 1. The number of hydrogen-bond donors (Lipinski definition) is 3. The predicted molar refractivity (Wildman–Crippen MR) is 139 cm³/mol. The molecule has 2 aromatic carbocycles. The van der Waals surface area contributed by atoms with E-state index >= 15 is 0 Å². The van der Waals surface area contributed by atoms with E-state index in [0.29, 0.717) is 24.5 Å². The molecule has 1 aliphatic heterocycles.